The van der Waals surface area contributed by atoms with Gasteiger partial charge in [0.25, 0.3) is 0 Å². The average molecular weight is 466 g/mol. The van der Waals surface area contributed by atoms with E-state index in [1.165, 1.54) is 0 Å². The number of rotatable bonds is 3. The largest absolute Gasteiger partial charge is 0.370 e. The van der Waals surface area contributed by atoms with Crippen molar-refractivity contribution in [3.05, 3.63) is 36.0 Å². The summed E-state index contributed by atoms with van der Waals surface area (Å²) in [6.45, 7) is 12.6. The van der Waals surface area contributed by atoms with Crippen LogP contribution in [0.4, 0.5) is 5.69 Å². The number of fused-ring (bicyclic) bond motifs is 1. The molecule has 0 radical (unpaired) electrons. The van der Waals surface area contributed by atoms with Gasteiger partial charge in [0.15, 0.2) is 0 Å². The molecule has 3 heterocycles. The summed E-state index contributed by atoms with van der Waals surface area (Å²) in [4.78, 5) is 11.9. The quantitative estimate of drug-likeness (QED) is 0.690. The highest BCUT2D eigenvalue weighted by Gasteiger charge is 2.34. The van der Waals surface area contributed by atoms with Crippen LogP contribution < -0.4 is 4.90 Å². The molecule has 0 aliphatic carbocycles. The van der Waals surface area contributed by atoms with Crippen molar-refractivity contribution in [3.63, 3.8) is 0 Å². The Hall–Kier alpha value is -1.62. The third-order valence-electron chi connectivity index (χ3n) is 6.39. The molecule has 6 nitrogen and oxygen atoms in total. The molecule has 0 N–H and O–H groups in total. The van der Waals surface area contributed by atoms with Gasteiger partial charge in [-0.3, -0.25) is 14.8 Å². The number of hydrogen-bond donors (Lipinski definition) is 0. The second-order valence-electron chi connectivity index (χ2n) is 9.09. The summed E-state index contributed by atoms with van der Waals surface area (Å²) >= 11 is 0. The molecule has 0 spiro atoms. The number of piperazine rings is 1. The SMILES string of the molecule is C[C@@H]1CN(c2ccc(C#N)c3ncccc23)C[C@H](CN2CCN(C)C(C)(C)C2)O1.Cl.Cl. The van der Waals surface area contributed by atoms with Crippen LogP contribution in [0.5, 0.6) is 0 Å². The summed E-state index contributed by atoms with van der Waals surface area (Å²) in [6, 6.07) is 10.2. The van der Waals surface area contributed by atoms with Crippen LogP contribution >= 0.6 is 24.8 Å². The lowest BCUT2D eigenvalue weighted by Crippen LogP contribution is -2.60. The summed E-state index contributed by atoms with van der Waals surface area (Å²) < 4.78 is 6.33. The van der Waals surface area contributed by atoms with E-state index < -0.39 is 0 Å². The minimum Gasteiger partial charge on any atom is -0.370 e. The fourth-order valence-corrected chi connectivity index (χ4v) is 4.65. The number of nitriles is 1. The molecule has 1 aromatic carbocycles. The minimum atomic E-state index is 0. The molecule has 1 aromatic heterocycles. The molecule has 2 atom stereocenters. The summed E-state index contributed by atoms with van der Waals surface area (Å²) in [5, 5.41) is 10.5. The van der Waals surface area contributed by atoms with Crippen molar-refractivity contribution in [1.29, 1.82) is 5.26 Å². The fraction of sp³-hybridized carbons (Fsp3) is 0.565. The second-order valence-corrected chi connectivity index (χ2v) is 9.09. The first-order valence-corrected chi connectivity index (χ1v) is 10.5. The van der Waals surface area contributed by atoms with Crippen LogP contribution in [0.15, 0.2) is 30.5 Å². The number of pyridine rings is 1. The number of anilines is 1. The van der Waals surface area contributed by atoms with Gasteiger partial charge in [-0.2, -0.15) is 5.26 Å². The van der Waals surface area contributed by atoms with Gasteiger partial charge in [0.2, 0.25) is 0 Å². The third-order valence-corrected chi connectivity index (χ3v) is 6.39. The van der Waals surface area contributed by atoms with Crippen LogP contribution in [0.25, 0.3) is 10.9 Å². The molecule has 2 saturated heterocycles. The number of halogens is 2. The zero-order valence-corrected chi connectivity index (χ0v) is 20.4. The highest BCUT2D eigenvalue weighted by molar-refractivity contribution is 5.95. The lowest BCUT2D eigenvalue weighted by atomic mass is 9.99. The first-order chi connectivity index (χ1) is 13.9. The van der Waals surface area contributed by atoms with Crippen LogP contribution in [-0.2, 0) is 4.74 Å². The third kappa shape index (κ3) is 5.42. The molecular formula is C23H33Cl2N5O. The summed E-state index contributed by atoms with van der Waals surface area (Å²) in [5.41, 5.74) is 2.74. The monoisotopic (exact) mass is 465 g/mol. The Bertz CT molecular complexity index is 932. The topological polar surface area (TPSA) is 55.6 Å². The van der Waals surface area contributed by atoms with Crippen molar-refractivity contribution in [2.75, 3.05) is 51.2 Å². The maximum atomic E-state index is 9.43. The Morgan fingerprint density at radius 2 is 1.97 bits per heavy atom. The van der Waals surface area contributed by atoms with Crippen LogP contribution in [0, 0.1) is 11.3 Å². The summed E-state index contributed by atoms with van der Waals surface area (Å²) in [7, 11) is 2.21. The van der Waals surface area contributed by atoms with Crippen LogP contribution in [0.3, 0.4) is 0 Å². The van der Waals surface area contributed by atoms with Gasteiger partial charge >= 0.3 is 0 Å². The van der Waals surface area contributed by atoms with Crippen LogP contribution in [0.2, 0.25) is 0 Å². The number of likely N-dealkylation sites (N-methyl/N-ethyl adjacent to an activating group) is 1. The number of benzene rings is 1. The van der Waals surface area contributed by atoms with Gasteiger partial charge in [0.1, 0.15) is 6.07 Å². The molecule has 8 heteroatoms. The Labute approximate surface area is 198 Å². The van der Waals surface area contributed by atoms with E-state index in [0.29, 0.717) is 5.56 Å². The maximum Gasteiger partial charge on any atom is 0.101 e. The maximum absolute atomic E-state index is 9.43. The van der Waals surface area contributed by atoms with Crippen molar-refractivity contribution in [2.45, 2.75) is 38.5 Å². The van der Waals surface area contributed by atoms with Gasteiger partial charge in [-0.25, -0.2) is 0 Å². The smallest absolute Gasteiger partial charge is 0.101 e. The number of aromatic nitrogens is 1. The minimum absolute atomic E-state index is 0. The van der Waals surface area contributed by atoms with Crippen molar-refractivity contribution < 1.29 is 4.74 Å². The highest BCUT2D eigenvalue weighted by Crippen LogP contribution is 2.30. The van der Waals surface area contributed by atoms with Crippen molar-refractivity contribution in [1.82, 2.24) is 14.8 Å². The standard InChI is InChI=1S/C23H31N5O.2ClH/c1-17-13-28(21-8-7-18(12-24)22-20(21)6-5-9-25-22)15-19(29-17)14-27-11-10-26(4)23(2,3)16-27;;/h5-9,17,19H,10-11,13-16H2,1-4H3;2*1H/t17-,19+;;/m1../s1. The number of ether oxygens (including phenoxy) is 1. The summed E-state index contributed by atoms with van der Waals surface area (Å²) in [6.07, 6.45) is 2.09. The van der Waals surface area contributed by atoms with E-state index in [-0.39, 0.29) is 42.6 Å². The molecule has 2 aliphatic rings. The van der Waals surface area contributed by atoms with E-state index in [2.05, 4.69) is 65.7 Å². The second kappa shape index (κ2) is 10.3. The van der Waals surface area contributed by atoms with E-state index in [4.69, 9.17) is 4.74 Å². The Balaban J connectivity index is 0.00000171. The lowest BCUT2D eigenvalue weighted by molar-refractivity contribution is -0.0494. The van der Waals surface area contributed by atoms with E-state index in [1.54, 1.807) is 6.20 Å². The molecule has 2 aliphatic heterocycles. The number of morpholine rings is 1. The van der Waals surface area contributed by atoms with Gasteiger partial charge in [-0.05, 0) is 52.1 Å². The van der Waals surface area contributed by atoms with Gasteiger partial charge in [-0.15, -0.1) is 24.8 Å². The summed E-state index contributed by atoms with van der Waals surface area (Å²) in [5.74, 6) is 0. The molecular weight excluding hydrogens is 433 g/mol. The van der Waals surface area contributed by atoms with Crippen molar-refractivity contribution in [2.24, 2.45) is 0 Å². The van der Waals surface area contributed by atoms with Crippen molar-refractivity contribution >= 4 is 41.4 Å². The molecule has 2 fully saturated rings. The first kappa shape index (κ1) is 25.6. The highest BCUT2D eigenvalue weighted by atomic mass is 35.5. The van der Waals surface area contributed by atoms with E-state index >= 15 is 0 Å². The van der Waals surface area contributed by atoms with Gasteiger partial charge in [-0.1, -0.05) is 0 Å². The fourth-order valence-electron chi connectivity index (χ4n) is 4.65. The van der Waals surface area contributed by atoms with Gasteiger partial charge in [0.05, 0.1) is 23.3 Å². The molecule has 0 unspecified atom stereocenters. The van der Waals surface area contributed by atoms with Crippen molar-refractivity contribution in [3.8, 4) is 6.07 Å². The Morgan fingerprint density at radius 1 is 1.19 bits per heavy atom. The van der Waals surface area contributed by atoms with E-state index in [9.17, 15) is 5.26 Å². The Morgan fingerprint density at radius 3 is 2.68 bits per heavy atom. The van der Waals surface area contributed by atoms with E-state index in [0.717, 1.165) is 55.9 Å². The van der Waals surface area contributed by atoms with Crippen LogP contribution in [-0.4, -0.2) is 78.8 Å². The van der Waals surface area contributed by atoms with E-state index in [1.807, 2.05) is 12.1 Å². The molecule has 2 aromatic rings. The molecule has 31 heavy (non-hydrogen) atoms. The molecule has 0 saturated carbocycles. The zero-order chi connectivity index (χ0) is 20.6. The molecule has 4 rings (SSSR count). The number of nitrogens with zero attached hydrogens (tertiary/aromatic N) is 5. The predicted molar refractivity (Wildman–Crippen MR) is 131 cm³/mol. The first-order valence-electron chi connectivity index (χ1n) is 10.5. The molecule has 0 amide bonds. The van der Waals surface area contributed by atoms with Gasteiger partial charge in [0, 0.05) is 62.1 Å². The predicted octanol–water partition coefficient (Wildman–Crippen LogP) is 3.57. The van der Waals surface area contributed by atoms with Crippen LogP contribution in [0.1, 0.15) is 26.3 Å². The molecule has 0 bridgehead atoms. The lowest BCUT2D eigenvalue weighted by Gasteiger charge is -2.47. The zero-order valence-electron chi connectivity index (χ0n) is 18.7. The normalized spacial score (nSPS) is 24.2. The average Bonchev–Trinajstić information content (AvgIpc) is 2.69. The number of hydrogen-bond acceptors (Lipinski definition) is 6. The Kier molecular flexibility index (Phi) is 8.54. The molecule has 170 valence electrons. The van der Waals surface area contributed by atoms with Gasteiger partial charge < -0.3 is 9.64 Å².